The van der Waals surface area contributed by atoms with Gasteiger partial charge in [-0.15, -0.1) is 0 Å². The summed E-state index contributed by atoms with van der Waals surface area (Å²) < 4.78 is 4.70. The zero-order chi connectivity index (χ0) is 9.40. The number of nitrogens with two attached hydrogens (primary N) is 1. The van der Waals surface area contributed by atoms with Crippen LogP contribution in [0, 0.1) is 0 Å². The van der Waals surface area contributed by atoms with Gasteiger partial charge in [0, 0.05) is 7.11 Å². The average Bonchev–Trinajstić information content (AvgIpc) is 2.10. The van der Waals surface area contributed by atoms with Crippen molar-refractivity contribution in [3.05, 3.63) is 0 Å². The van der Waals surface area contributed by atoms with Gasteiger partial charge in [-0.25, -0.2) is 5.48 Å². The second-order valence-corrected chi connectivity index (χ2v) is 2.32. The van der Waals surface area contributed by atoms with Gasteiger partial charge in [-0.05, 0) is 6.42 Å². The van der Waals surface area contributed by atoms with Crippen LogP contribution in [0.1, 0.15) is 13.3 Å². The average molecular weight is 176 g/mol. The predicted molar refractivity (Wildman–Crippen MR) is 44.2 cm³/mol. The van der Waals surface area contributed by atoms with Crippen molar-refractivity contribution in [1.82, 2.24) is 5.48 Å². The van der Waals surface area contributed by atoms with Crippen LogP contribution in [0.25, 0.3) is 0 Å². The molecule has 0 aliphatic carbocycles. The van der Waals surface area contributed by atoms with Gasteiger partial charge in [0.15, 0.2) is 0 Å². The van der Waals surface area contributed by atoms with Crippen molar-refractivity contribution in [3.63, 3.8) is 0 Å². The van der Waals surface area contributed by atoms with Crippen LogP contribution in [0.5, 0.6) is 0 Å². The largest absolute Gasteiger partial charge is 0.382 e. The van der Waals surface area contributed by atoms with E-state index in [0.29, 0.717) is 19.6 Å². The predicted octanol–water partition coefficient (Wildman–Crippen LogP) is -0.582. The molecule has 0 bridgehead atoms. The number of carbonyl (C=O) groups is 1. The highest BCUT2D eigenvalue weighted by Crippen LogP contribution is 1.84. The topological polar surface area (TPSA) is 73.6 Å². The van der Waals surface area contributed by atoms with E-state index in [4.69, 9.17) is 15.3 Å². The Labute approximate surface area is 72.2 Å². The number of ether oxygens (including phenoxy) is 1. The summed E-state index contributed by atoms with van der Waals surface area (Å²) in [5.74, 6) is -0.298. The van der Waals surface area contributed by atoms with Gasteiger partial charge in [-0.1, -0.05) is 6.92 Å². The Kier molecular flexibility index (Phi) is 6.64. The summed E-state index contributed by atoms with van der Waals surface area (Å²) in [4.78, 5) is 15.7. The van der Waals surface area contributed by atoms with Crippen LogP contribution in [0.3, 0.4) is 0 Å². The lowest BCUT2D eigenvalue weighted by atomic mass is 10.2. The number of amides is 1. The summed E-state index contributed by atoms with van der Waals surface area (Å²) in [6, 6.07) is -0.493. The number of carbonyl (C=O) groups excluding carboxylic acids is 1. The van der Waals surface area contributed by atoms with Gasteiger partial charge in [0.2, 0.25) is 0 Å². The van der Waals surface area contributed by atoms with Gasteiger partial charge in [-0.2, -0.15) is 0 Å². The van der Waals surface area contributed by atoms with Crippen LogP contribution < -0.4 is 11.2 Å². The maximum Gasteiger partial charge on any atom is 0.260 e. The van der Waals surface area contributed by atoms with E-state index < -0.39 is 6.04 Å². The summed E-state index contributed by atoms with van der Waals surface area (Å²) in [6.45, 7) is 2.61. The molecule has 1 atom stereocenters. The van der Waals surface area contributed by atoms with Crippen molar-refractivity contribution in [2.75, 3.05) is 20.3 Å². The van der Waals surface area contributed by atoms with Gasteiger partial charge in [0.1, 0.15) is 0 Å². The Hall–Kier alpha value is -0.650. The smallest absolute Gasteiger partial charge is 0.260 e. The van der Waals surface area contributed by atoms with Gasteiger partial charge >= 0.3 is 0 Å². The Balaban J connectivity index is 3.31. The Morgan fingerprint density at radius 2 is 2.25 bits per heavy atom. The molecule has 5 heteroatoms. The zero-order valence-corrected chi connectivity index (χ0v) is 7.50. The van der Waals surface area contributed by atoms with E-state index in [1.807, 2.05) is 6.92 Å². The first-order valence-corrected chi connectivity index (χ1v) is 3.88. The summed E-state index contributed by atoms with van der Waals surface area (Å²) >= 11 is 0. The standard InChI is InChI=1S/C7H16N2O3/c1-3-6(8)7(10)9-12-5-4-11-2/h6H,3-5,8H2,1-2H3,(H,9,10)/t6-/m0/s1. The van der Waals surface area contributed by atoms with Crippen LogP contribution in [0.4, 0.5) is 0 Å². The van der Waals surface area contributed by atoms with Crippen molar-refractivity contribution in [2.45, 2.75) is 19.4 Å². The molecule has 72 valence electrons. The Morgan fingerprint density at radius 3 is 2.75 bits per heavy atom. The fourth-order valence-corrected chi connectivity index (χ4v) is 0.508. The van der Waals surface area contributed by atoms with E-state index >= 15 is 0 Å². The van der Waals surface area contributed by atoms with E-state index in [2.05, 4.69) is 5.48 Å². The maximum absolute atomic E-state index is 10.9. The summed E-state index contributed by atoms with van der Waals surface area (Å²) in [6.07, 6.45) is 0.597. The highest BCUT2D eigenvalue weighted by atomic mass is 16.7. The molecule has 0 fully saturated rings. The monoisotopic (exact) mass is 176 g/mol. The second kappa shape index (κ2) is 7.02. The Morgan fingerprint density at radius 1 is 1.58 bits per heavy atom. The van der Waals surface area contributed by atoms with Crippen LogP contribution >= 0.6 is 0 Å². The summed E-state index contributed by atoms with van der Waals surface area (Å²) in [5.41, 5.74) is 7.63. The molecule has 5 nitrogen and oxygen atoms in total. The molecule has 0 radical (unpaired) electrons. The molecule has 0 unspecified atom stereocenters. The van der Waals surface area contributed by atoms with Crippen LogP contribution in [-0.2, 0) is 14.4 Å². The van der Waals surface area contributed by atoms with E-state index in [-0.39, 0.29) is 5.91 Å². The molecule has 12 heavy (non-hydrogen) atoms. The summed E-state index contributed by atoms with van der Waals surface area (Å²) in [5, 5.41) is 0. The SMILES string of the molecule is CC[C@H](N)C(=O)NOCCOC. The summed E-state index contributed by atoms with van der Waals surface area (Å²) in [7, 11) is 1.56. The minimum Gasteiger partial charge on any atom is -0.382 e. The highest BCUT2D eigenvalue weighted by molar-refractivity contribution is 5.80. The molecule has 0 spiro atoms. The van der Waals surface area contributed by atoms with Gasteiger partial charge < -0.3 is 10.5 Å². The van der Waals surface area contributed by atoms with Crippen molar-refractivity contribution in [3.8, 4) is 0 Å². The number of hydrogen-bond acceptors (Lipinski definition) is 4. The first kappa shape index (κ1) is 11.4. The van der Waals surface area contributed by atoms with Crippen molar-refractivity contribution in [1.29, 1.82) is 0 Å². The van der Waals surface area contributed by atoms with E-state index in [9.17, 15) is 4.79 Å². The molecule has 1 amide bonds. The maximum atomic E-state index is 10.9. The minimum atomic E-state index is -0.493. The van der Waals surface area contributed by atoms with Gasteiger partial charge in [0.25, 0.3) is 5.91 Å². The minimum absolute atomic E-state index is 0.298. The molecule has 0 aliphatic heterocycles. The normalized spacial score (nSPS) is 12.6. The molecule has 0 aromatic rings. The quantitative estimate of drug-likeness (QED) is 0.419. The molecule has 0 aromatic heterocycles. The third-order valence-electron chi connectivity index (χ3n) is 1.34. The number of nitrogens with one attached hydrogen (secondary N) is 1. The van der Waals surface area contributed by atoms with Crippen LogP contribution in [0.2, 0.25) is 0 Å². The fourth-order valence-electron chi connectivity index (χ4n) is 0.508. The lowest BCUT2D eigenvalue weighted by molar-refractivity contribution is -0.135. The first-order chi connectivity index (χ1) is 5.72. The molecule has 0 rings (SSSR count). The van der Waals surface area contributed by atoms with E-state index in [1.54, 1.807) is 7.11 Å². The molecular formula is C7H16N2O3. The van der Waals surface area contributed by atoms with Crippen LogP contribution in [0.15, 0.2) is 0 Å². The van der Waals surface area contributed by atoms with Crippen molar-refractivity contribution in [2.24, 2.45) is 5.73 Å². The molecule has 0 saturated carbocycles. The number of hydroxylamine groups is 1. The third kappa shape index (κ3) is 5.06. The Bertz CT molecular complexity index is 130. The number of methoxy groups -OCH3 is 1. The van der Waals surface area contributed by atoms with Crippen molar-refractivity contribution >= 4 is 5.91 Å². The molecule has 3 N–H and O–H groups in total. The van der Waals surface area contributed by atoms with Gasteiger partial charge in [0.05, 0.1) is 19.3 Å². The zero-order valence-electron chi connectivity index (χ0n) is 7.50. The second-order valence-electron chi connectivity index (χ2n) is 2.32. The van der Waals surface area contributed by atoms with Crippen molar-refractivity contribution < 1.29 is 14.4 Å². The van der Waals surface area contributed by atoms with E-state index in [1.165, 1.54) is 0 Å². The fraction of sp³-hybridized carbons (Fsp3) is 0.857. The highest BCUT2D eigenvalue weighted by Gasteiger charge is 2.09. The number of hydrogen-bond donors (Lipinski definition) is 2. The molecule has 0 aromatic carbocycles. The van der Waals surface area contributed by atoms with Crippen LogP contribution in [-0.4, -0.2) is 32.3 Å². The number of rotatable bonds is 6. The van der Waals surface area contributed by atoms with Gasteiger partial charge in [-0.3, -0.25) is 9.63 Å². The molecule has 0 saturated heterocycles. The first-order valence-electron chi connectivity index (χ1n) is 3.88. The lowest BCUT2D eigenvalue weighted by Crippen LogP contribution is -2.40. The molecule has 0 heterocycles. The molecule has 0 aliphatic rings. The lowest BCUT2D eigenvalue weighted by Gasteiger charge is -2.09. The molecular weight excluding hydrogens is 160 g/mol. The third-order valence-corrected chi connectivity index (χ3v) is 1.34. The van der Waals surface area contributed by atoms with E-state index in [0.717, 1.165) is 0 Å².